The van der Waals surface area contributed by atoms with Gasteiger partial charge in [-0.25, -0.2) is 4.39 Å². The van der Waals surface area contributed by atoms with E-state index < -0.39 is 17.6 Å². The molecule has 0 saturated carbocycles. The standard InChI is InChI=1S/C15H11ClF4O/c1-9-6-11(3-4-13(9)17)21-14-5-2-10(8-16)7-12(14)15(18,19)20/h2-7H,8H2,1H3. The molecule has 2 rings (SSSR count). The molecule has 0 unspecified atom stereocenters. The maximum absolute atomic E-state index is 13.2. The zero-order valence-corrected chi connectivity index (χ0v) is 11.7. The second-order valence-corrected chi connectivity index (χ2v) is 4.74. The van der Waals surface area contributed by atoms with Crippen molar-refractivity contribution in [3.05, 3.63) is 58.9 Å². The van der Waals surface area contributed by atoms with Crippen molar-refractivity contribution in [3.63, 3.8) is 0 Å². The van der Waals surface area contributed by atoms with Crippen molar-refractivity contribution in [1.82, 2.24) is 0 Å². The first-order valence-electron chi connectivity index (χ1n) is 6.01. The molecular weight excluding hydrogens is 308 g/mol. The van der Waals surface area contributed by atoms with Crippen LogP contribution >= 0.6 is 11.6 Å². The second kappa shape index (κ2) is 5.93. The van der Waals surface area contributed by atoms with Gasteiger partial charge < -0.3 is 4.74 Å². The lowest BCUT2D eigenvalue weighted by molar-refractivity contribution is -0.138. The van der Waals surface area contributed by atoms with E-state index in [0.29, 0.717) is 11.1 Å². The van der Waals surface area contributed by atoms with Crippen LogP contribution in [0.2, 0.25) is 0 Å². The van der Waals surface area contributed by atoms with Crippen LogP contribution in [0, 0.1) is 12.7 Å². The fraction of sp³-hybridized carbons (Fsp3) is 0.200. The van der Waals surface area contributed by atoms with Gasteiger partial charge in [0.15, 0.2) is 0 Å². The summed E-state index contributed by atoms with van der Waals surface area (Å²) in [6.07, 6.45) is -4.56. The highest BCUT2D eigenvalue weighted by atomic mass is 35.5. The van der Waals surface area contributed by atoms with Gasteiger partial charge in [0, 0.05) is 5.88 Å². The number of rotatable bonds is 3. The molecule has 2 aromatic rings. The number of benzene rings is 2. The molecule has 21 heavy (non-hydrogen) atoms. The van der Waals surface area contributed by atoms with Crippen molar-refractivity contribution in [2.75, 3.05) is 0 Å². The number of hydrogen-bond donors (Lipinski definition) is 0. The molecule has 1 nitrogen and oxygen atoms in total. The number of halogens is 5. The van der Waals surface area contributed by atoms with Crippen LogP contribution in [-0.4, -0.2) is 0 Å². The molecule has 0 fully saturated rings. The van der Waals surface area contributed by atoms with Crippen molar-refractivity contribution in [1.29, 1.82) is 0 Å². The zero-order valence-electron chi connectivity index (χ0n) is 11.0. The normalized spacial score (nSPS) is 11.5. The van der Waals surface area contributed by atoms with Gasteiger partial charge in [-0.05, 0) is 48.4 Å². The lowest BCUT2D eigenvalue weighted by Gasteiger charge is -2.15. The highest BCUT2D eigenvalue weighted by Crippen LogP contribution is 2.39. The molecule has 0 aliphatic rings. The van der Waals surface area contributed by atoms with Crippen LogP contribution in [0.3, 0.4) is 0 Å². The van der Waals surface area contributed by atoms with Crippen LogP contribution in [0.25, 0.3) is 0 Å². The smallest absolute Gasteiger partial charge is 0.419 e. The van der Waals surface area contributed by atoms with Crippen LogP contribution in [0.5, 0.6) is 11.5 Å². The SMILES string of the molecule is Cc1cc(Oc2ccc(CCl)cc2C(F)(F)F)ccc1F. The summed E-state index contributed by atoms with van der Waals surface area (Å²) in [5.74, 6) is -0.685. The van der Waals surface area contributed by atoms with E-state index in [4.69, 9.17) is 16.3 Å². The Bertz CT molecular complexity index is 653. The fourth-order valence-electron chi connectivity index (χ4n) is 1.78. The Morgan fingerprint density at radius 2 is 1.81 bits per heavy atom. The van der Waals surface area contributed by atoms with Gasteiger partial charge in [0.05, 0.1) is 5.56 Å². The molecule has 0 spiro atoms. The Balaban J connectivity index is 2.41. The van der Waals surface area contributed by atoms with Crippen molar-refractivity contribution in [2.24, 2.45) is 0 Å². The number of hydrogen-bond acceptors (Lipinski definition) is 1. The Morgan fingerprint density at radius 1 is 1.10 bits per heavy atom. The molecule has 0 bridgehead atoms. The third kappa shape index (κ3) is 3.67. The largest absolute Gasteiger partial charge is 0.457 e. The van der Waals surface area contributed by atoms with Gasteiger partial charge in [0.2, 0.25) is 0 Å². The van der Waals surface area contributed by atoms with E-state index in [1.165, 1.54) is 31.2 Å². The molecule has 0 amide bonds. The highest BCUT2D eigenvalue weighted by Gasteiger charge is 2.34. The van der Waals surface area contributed by atoms with E-state index in [1.807, 2.05) is 0 Å². The van der Waals surface area contributed by atoms with E-state index in [1.54, 1.807) is 0 Å². The number of alkyl halides is 4. The first kappa shape index (κ1) is 15.6. The second-order valence-electron chi connectivity index (χ2n) is 4.47. The van der Waals surface area contributed by atoms with E-state index in [0.717, 1.165) is 12.1 Å². The summed E-state index contributed by atoms with van der Waals surface area (Å²) < 4.78 is 57.5. The molecule has 2 aromatic carbocycles. The molecule has 0 aromatic heterocycles. The molecule has 0 N–H and O–H groups in total. The lowest BCUT2D eigenvalue weighted by atomic mass is 10.1. The monoisotopic (exact) mass is 318 g/mol. The Kier molecular flexibility index (Phi) is 4.42. The average Bonchev–Trinajstić information content (AvgIpc) is 2.42. The predicted octanol–water partition coefficient (Wildman–Crippen LogP) is 5.68. The van der Waals surface area contributed by atoms with Gasteiger partial charge in [-0.2, -0.15) is 13.2 Å². The van der Waals surface area contributed by atoms with Crippen molar-refractivity contribution in [3.8, 4) is 11.5 Å². The molecule has 0 saturated heterocycles. The maximum atomic E-state index is 13.2. The average molecular weight is 319 g/mol. The first-order valence-corrected chi connectivity index (χ1v) is 6.55. The molecule has 0 atom stereocenters. The molecule has 6 heteroatoms. The van der Waals surface area contributed by atoms with E-state index in [-0.39, 0.29) is 17.4 Å². The summed E-state index contributed by atoms with van der Waals surface area (Å²) in [6, 6.07) is 7.36. The molecule has 112 valence electrons. The molecule has 0 heterocycles. The summed E-state index contributed by atoms with van der Waals surface area (Å²) in [5, 5.41) is 0. The first-order chi connectivity index (χ1) is 9.81. The molecular formula is C15H11ClF4O. The summed E-state index contributed by atoms with van der Waals surface area (Å²) in [7, 11) is 0. The van der Waals surface area contributed by atoms with Gasteiger partial charge in [0.25, 0.3) is 0 Å². The quantitative estimate of drug-likeness (QED) is 0.522. The van der Waals surface area contributed by atoms with Gasteiger partial charge in [0.1, 0.15) is 17.3 Å². The summed E-state index contributed by atoms with van der Waals surface area (Å²) in [5.41, 5.74) is -0.285. The minimum Gasteiger partial charge on any atom is -0.457 e. The maximum Gasteiger partial charge on any atom is 0.419 e. The Labute approximate surface area is 124 Å². The van der Waals surface area contributed by atoms with Gasteiger partial charge in [-0.15, -0.1) is 11.6 Å². The van der Waals surface area contributed by atoms with Gasteiger partial charge in [-0.1, -0.05) is 6.07 Å². The topological polar surface area (TPSA) is 9.23 Å². The third-order valence-corrected chi connectivity index (χ3v) is 3.17. The van der Waals surface area contributed by atoms with Crippen molar-refractivity contribution in [2.45, 2.75) is 19.0 Å². The van der Waals surface area contributed by atoms with Gasteiger partial charge >= 0.3 is 6.18 Å². The Morgan fingerprint density at radius 3 is 2.38 bits per heavy atom. The zero-order chi connectivity index (χ0) is 15.6. The van der Waals surface area contributed by atoms with Crippen LogP contribution in [0.15, 0.2) is 36.4 Å². The molecule has 0 aliphatic carbocycles. The van der Waals surface area contributed by atoms with Crippen LogP contribution < -0.4 is 4.74 Å². The fourth-order valence-corrected chi connectivity index (χ4v) is 1.94. The van der Waals surface area contributed by atoms with Gasteiger partial charge in [-0.3, -0.25) is 0 Å². The summed E-state index contributed by atoms with van der Waals surface area (Å²) in [4.78, 5) is 0. The lowest BCUT2D eigenvalue weighted by Crippen LogP contribution is -2.08. The van der Waals surface area contributed by atoms with Crippen molar-refractivity contribution >= 4 is 11.6 Å². The molecule has 0 aliphatic heterocycles. The number of ether oxygens (including phenoxy) is 1. The molecule has 0 radical (unpaired) electrons. The van der Waals surface area contributed by atoms with E-state index in [9.17, 15) is 17.6 Å². The van der Waals surface area contributed by atoms with Crippen LogP contribution in [0.4, 0.5) is 17.6 Å². The minimum absolute atomic E-state index is 0.0288. The van der Waals surface area contributed by atoms with Crippen LogP contribution in [-0.2, 0) is 12.1 Å². The third-order valence-electron chi connectivity index (χ3n) is 2.86. The van der Waals surface area contributed by atoms with E-state index >= 15 is 0 Å². The predicted molar refractivity (Wildman–Crippen MR) is 72.2 cm³/mol. The highest BCUT2D eigenvalue weighted by molar-refractivity contribution is 6.17. The van der Waals surface area contributed by atoms with E-state index in [2.05, 4.69) is 0 Å². The van der Waals surface area contributed by atoms with Crippen LogP contribution in [0.1, 0.15) is 16.7 Å². The summed E-state index contributed by atoms with van der Waals surface area (Å²) >= 11 is 5.55. The number of aryl methyl sites for hydroxylation is 1. The summed E-state index contributed by atoms with van der Waals surface area (Å²) in [6.45, 7) is 1.50. The minimum atomic E-state index is -4.56. The Hall–Kier alpha value is -1.75. The van der Waals surface area contributed by atoms with Crippen molar-refractivity contribution < 1.29 is 22.3 Å².